The minimum Gasteiger partial charge on any atom is -0.383 e. The van der Waals surface area contributed by atoms with E-state index in [1.807, 2.05) is 0 Å². The molecule has 154 valence electrons. The molecule has 2 unspecified atom stereocenters. The van der Waals surface area contributed by atoms with Crippen molar-refractivity contribution in [2.24, 2.45) is 16.8 Å². The van der Waals surface area contributed by atoms with Crippen LogP contribution in [0.2, 0.25) is 0 Å². The Labute approximate surface area is 171 Å². The lowest BCUT2D eigenvalue weighted by Crippen LogP contribution is -2.58. The third kappa shape index (κ3) is 3.52. The van der Waals surface area contributed by atoms with Crippen LogP contribution in [0.15, 0.2) is 11.2 Å². The number of hydrogen-bond donors (Lipinski definition) is 0. The van der Waals surface area contributed by atoms with Gasteiger partial charge in [0.15, 0.2) is 4.80 Å². The van der Waals surface area contributed by atoms with Gasteiger partial charge in [-0.1, -0.05) is 19.3 Å². The van der Waals surface area contributed by atoms with E-state index in [0.717, 1.165) is 37.0 Å². The molecule has 2 saturated heterocycles. The molecule has 2 atom stereocenters. The standard InChI is InChI=1S/C22H32N2O3S/c1-26-8-7-24-14-19(17-5-3-2-4-6-17)28-21(24)23-20(25)22-12-15-9-16(13-22)11-18(10-15)27-22/h14-18H,2-13H2,1H3/b23-21-. The van der Waals surface area contributed by atoms with E-state index in [9.17, 15) is 4.79 Å². The first-order valence-electron chi connectivity index (χ1n) is 11.1. The largest absolute Gasteiger partial charge is 0.383 e. The van der Waals surface area contributed by atoms with Gasteiger partial charge in [-0.3, -0.25) is 4.79 Å². The Bertz CT molecular complexity index is 755. The van der Waals surface area contributed by atoms with Crippen molar-refractivity contribution in [2.45, 2.75) is 88.4 Å². The summed E-state index contributed by atoms with van der Waals surface area (Å²) in [6.45, 7) is 1.38. The second-order valence-electron chi connectivity index (χ2n) is 9.44. The van der Waals surface area contributed by atoms with Crippen LogP contribution in [-0.2, 0) is 20.8 Å². The molecule has 0 radical (unpaired) electrons. The van der Waals surface area contributed by atoms with E-state index in [4.69, 9.17) is 9.47 Å². The zero-order valence-corrected chi connectivity index (χ0v) is 17.7. The third-order valence-corrected chi connectivity index (χ3v) is 8.54. The number of amides is 1. The summed E-state index contributed by atoms with van der Waals surface area (Å²) in [4.78, 5) is 20.2. The van der Waals surface area contributed by atoms with Crippen molar-refractivity contribution in [1.29, 1.82) is 0 Å². The fraction of sp³-hybridized carbons (Fsp3) is 0.818. The minimum absolute atomic E-state index is 0.0326. The molecular formula is C22H32N2O3S. The smallest absolute Gasteiger partial charge is 0.280 e. The maximum atomic E-state index is 13.3. The highest BCUT2D eigenvalue weighted by atomic mass is 32.1. The van der Waals surface area contributed by atoms with E-state index in [1.54, 1.807) is 18.4 Å². The number of nitrogens with zero attached hydrogens (tertiary/aromatic N) is 2. The van der Waals surface area contributed by atoms with Gasteiger partial charge < -0.3 is 14.0 Å². The number of carbonyl (C=O) groups excluding carboxylic acids is 1. The fourth-order valence-corrected chi connectivity index (χ4v) is 7.37. The van der Waals surface area contributed by atoms with Gasteiger partial charge in [0.05, 0.1) is 12.7 Å². The SMILES string of the molecule is COCCn1cc(C2CCCCC2)s/c1=N\C(=O)C12CC3CC(CC(C3)O1)C2. The average Bonchev–Trinajstić information content (AvgIpc) is 3.08. The predicted molar refractivity (Wildman–Crippen MR) is 108 cm³/mol. The molecule has 3 heterocycles. The van der Waals surface area contributed by atoms with Crippen molar-refractivity contribution in [3.63, 3.8) is 0 Å². The van der Waals surface area contributed by atoms with Crippen LogP contribution in [0.3, 0.4) is 0 Å². The maximum absolute atomic E-state index is 13.3. The van der Waals surface area contributed by atoms with Crippen LogP contribution in [0.4, 0.5) is 0 Å². The molecule has 28 heavy (non-hydrogen) atoms. The van der Waals surface area contributed by atoms with Crippen molar-refractivity contribution in [1.82, 2.24) is 4.57 Å². The van der Waals surface area contributed by atoms with Gasteiger partial charge in [-0.25, -0.2) is 0 Å². The lowest BCUT2D eigenvalue weighted by molar-refractivity contribution is -0.216. The first-order chi connectivity index (χ1) is 13.6. The van der Waals surface area contributed by atoms with Gasteiger partial charge in [-0.2, -0.15) is 4.99 Å². The Balaban J connectivity index is 1.44. The summed E-state index contributed by atoms with van der Waals surface area (Å²) < 4.78 is 13.7. The highest BCUT2D eigenvalue weighted by molar-refractivity contribution is 7.09. The Morgan fingerprint density at radius 3 is 2.68 bits per heavy atom. The lowest BCUT2D eigenvalue weighted by Gasteiger charge is -2.54. The van der Waals surface area contributed by atoms with E-state index in [1.165, 1.54) is 43.4 Å². The van der Waals surface area contributed by atoms with E-state index >= 15 is 0 Å². The van der Waals surface area contributed by atoms with Crippen molar-refractivity contribution in [2.75, 3.05) is 13.7 Å². The summed E-state index contributed by atoms with van der Waals surface area (Å²) in [5, 5.41) is 0. The molecule has 1 amide bonds. The average molecular weight is 405 g/mol. The van der Waals surface area contributed by atoms with Crippen LogP contribution in [0.5, 0.6) is 0 Å². The van der Waals surface area contributed by atoms with Gasteiger partial charge in [0.2, 0.25) is 0 Å². The first-order valence-corrected chi connectivity index (χ1v) is 11.9. The molecule has 3 aliphatic carbocycles. The van der Waals surface area contributed by atoms with Gasteiger partial charge in [-0.15, -0.1) is 11.3 Å². The molecule has 5 aliphatic rings. The maximum Gasteiger partial charge on any atom is 0.280 e. The molecule has 0 aromatic carbocycles. The summed E-state index contributed by atoms with van der Waals surface area (Å²) in [6.07, 6.45) is 14.3. The normalized spacial score (nSPS) is 35.6. The van der Waals surface area contributed by atoms with Crippen LogP contribution in [0, 0.1) is 11.8 Å². The molecule has 6 heteroatoms. The number of rotatable bonds is 5. The van der Waals surface area contributed by atoms with Gasteiger partial charge in [-0.05, 0) is 62.7 Å². The number of thiazole rings is 1. The quantitative estimate of drug-likeness (QED) is 0.745. The Hall–Kier alpha value is -0.980. The summed E-state index contributed by atoms with van der Waals surface area (Å²) in [6, 6.07) is 0. The fourth-order valence-electron chi connectivity index (χ4n) is 6.19. The van der Waals surface area contributed by atoms with Crippen LogP contribution >= 0.6 is 11.3 Å². The van der Waals surface area contributed by atoms with Gasteiger partial charge in [0, 0.05) is 24.7 Å². The van der Waals surface area contributed by atoms with Gasteiger partial charge in [0.25, 0.3) is 5.91 Å². The van der Waals surface area contributed by atoms with Crippen molar-refractivity contribution >= 4 is 17.2 Å². The molecule has 1 aromatic heterocycles. The predicted octanol–water partition coefficient (Wildman–Crippen LogP) is 4.02. The van der Waals surface area contributed by atoms with Crippen molar-refractivity contribution in [3.05, 3.63) is 15.9 Å². The number of aromatic nitrogens is 1. The summed E-state index contributed by atoms with van der Waals surface area (Å²) in [5.74, 6) is 1.91. The third-order valence-electron chi connectivity index (χ3n) is 7.36. The highest BCUT2D eigenvalue weighted by Crippen LogP contribution is 2.53. The number of ether oxygens (including phenoxy) is 2. The van der Waals surface area contributed by atoms with E-state index in [-0.39, 0.29) is 12.0 Å². The monoisotopic (exact) mass is 404 g/mol. The van der Waals surface area contributed by atoms with Crippen LogP contribution in [0.25, 0.3) is 0 Å². The second-order valence-corrected chi connectivity index (χ2v) is 10.5. The zero-order valence-electron chi connectivity index (χ0n) is 16.9. The molecule has 5 nitrogen and oxygen atoms in total. The molecule has 6 rings (SSSR count). The Morgan fingerprint density at radius 1 is 1.25 bits per heavy atom. The van der Waals surface area contributed by atoms with Crippen LogP contribution < -0.4 is 4.80 Å². The van der Waals surface area contributed by atoms with Crippen molar-refractivity contribution in [3.8, 4) is 0 Å². The van der Waals surface area contributed by atoms with E-state index in [2.05, 4.69) is 15.8 Å². The molecule has 0 spiro atoms. The molecule has 0 N–H and O–H groups in total. The molecule has 2 aliphatic heterocycles. The first kappa shape index (κ1) is 19.0. The highest BCUT2D eigenvalue weighted by Gasteiger charge is 2.56. The topological polar surface area (TPSA) is 52.8 Å². The Kier molecular flexibility index (Phi) is 5.22. The Morgan fingerprint density at radius 2 is 2.00 bits per heavy atom. The number of hydrogen-bond acceptors (Lipinski definition) is 4. The summed E-state index contributed by atoms with van der Waals surface area (Å²) in [5.41, 5.74) is -0.636. The van der Waals surface area contributed by atoms with E-state index < -0.39 is 5.60 Å². The number of methoxy groups -OCH3 is 1. The minimum atomic E-state index is -0.636. The molecule has 4 bridgehead atoms. The van der Waals surface area contributed by atoms with Crippen molar-refractivity contribution < 1.29 is 14.3 Å². The molecule has 3 saturated carbocycles. The zero-order chi connectivity index (χ0) is 19.1. The van der Waals surface area contributed by atoms with Gasteiger partial charge >= 0.3 is 0 Å². The van der Waals surface area contributed by atoms with Crippen LogP contribution in [0.1, 0.15) is 75.0 Å². The second kappa shape index (κ2) is 7.69. The van der Waals surface area contributed by atoms with Gasteiger partial charge in [0.1, 0.15) is 5.60 Å². The molecular weight excluding hydrogens is 372 g/mol. The molecule has 5 fully saturated rings. The lowest BCUT2D eigenvalue weighted by atomic mass is 9.62. The number of carbonyl (C=O) groups is 1. The van der Waals surface area contributed by atoms with Crippen LogP contribution in [-0.4, -0.2) is 35.9 Å². The summed E-state index contributed by atoms with van der Waals surface area (Å²) >= 11 is 1.71. The van der Waals surface area contributed by atoms with E-state index in [0.29, 0.717) is 24.4 Å². The molecule has 1 aromatic rings. The summed E-state index contributed by atoms with van der Waals surface area (Å²) in [7, 11) is 1.72.